The molecule has 0 aromatic heterocycles. The van der Waals surface area contributed by atoms with E-state index in [1.807, 2.05) is 6.07 Å². The minimum Gasteiger partial charge on any atom is -0.269 e. The predicted octanol–water partition coefficient (Wildman–Crippen LogP) is 1.54. The summed E-state index contributed by atoms with van der Waals surface area (Å²) in [6.07, 6.45) is 0. The second kappa shape index (κ2) is 3.61. The van der Waals surface area contributed by atoms with Crippen LogP contribution in [0.15, 0.2) is 40.6 Å². The van der Waals surface area contributed by atoms with Crippen molar-refractivity contribution < 1.29 is 4.79 Å². The number of amides is 1. The minimum absolute atomic E-state index is 0.395. The number of hydrogen-bond acceptors (Lipinski definition) is 4. The number of rotatable bonds is 2. The Hall–Kier alpha value is -2.04. The Morgan fingerprint density at radius 2 is 2.00 bits per heavy atom. The molecule has 0 fully saturated rings. The molecule has 1 amide bonds. The Balaban J connectivity index is 2.35. The molecule has 1 aromatic rings. The van der Waals surface area contributed by atoms with Crippen molar-refractivity contribution in [1.29, 1.82) is 0 Å². The number of carbonyl (C=O) groups is 1. The van der Waals surface area contributed by atoms with Gasteiger partial charge in [-0.05, 0) is 19.1 Å². The number of para-hydroxylation sites is 1. The number of nitroso groups, excluding NO2 is 1. The molecular formula is C10H9N3O2. The summed E-state index contributed by atoms with van der Waals surface area (Å²) in [4.78, 5) is 22.1. The van der Waals surface area contributed by atoms with Crippen LogP contribution in [0.1, 0.15) is 6.92 Å². The maximum atomic E-state index is 11.7. The van der Waals surface area contributed by atoms with Crippen molar-refractivity contribution in [2.45, 2.75) is 13.0 Å². The van der Waals surface area contributed by atoms with Gasteiger partial charge in [0.05, 0.1) is 11.4 Å². The third kappa shape index (κ3) is 1.52. The van der Waals surface area contributed by atoms with Gasteiger partial charge in [0.15, 0.2) is 0 Å². The topological polar surface area (TPSA) is 62.1 Å². The van der Waals surface area contributed by atoms with Crippen LogP contribution in [0.25, 0.3) is 0 Å². The van der Waals surface area contributed by atoms with Gasteiger partial charge in [0, 0.05) is 0 Å². The lowest BCUT2D eigenvalue weighted by molar-refractivity contribution is -0.117. The summed E-state index contributed by atoms with van der Waals surface area (Å²) in [7, 11) is 0. The van der Waals surface area contributed by atoms with Gasteiger partial charge in [-0.1, -0.05) is 23.4 Å². The fourth-order valence-corrected chi connectivity index (χ4v) is 1.43. The molecule has 0 radical (unpaired) electrons. The lowest BCUT2D eigenvalue weighted by atomic mass is 10.2. The normalized spacial score (nSPS) is 20.3. The van der Waals surface area contributed by atoms with Gasteiger partial charge in [0.25, 0.3) is 5.91 Å². The summed E-state index contributed by atoms with van der Waals surface area (Å²) >= 11 is 0. The zero-order valence-electron chi connectivity index (χ0n) is 8.12. The highest BCUT2D eigenvalue weighted by Crippen LogP contribution is 2.21. The Morgan fingerprint density at radius 3 is 2.53 bits per heavy atom. The van der Waals surface area contributed by atoms with E-state index in [1.165, 1.54) is 5.01 Å². The van der Waals surface area contributed by atoms with Gasteiger partial charge in [-0.3, -0.25) is 4.79 Å². The third-order valence-electron chi connectivity index (χ3n) is 2.20. The first kappa shape index (κ1) is 9.51. The SMILES string of the molecule is CC1=NN(c2ccccc2)C(=O)C1N=O. The van der Waals surface area contributed by atoms with Crippen LogP contribution in [0.3, 0.4) is 0 Å². The van der Waals surface area contributed by atoms with Crippen LogP contribution in [0.4, 0.5) is 5.69 Å². The van der Waals surface area contributed by atoms with Gasteiger partial charge < -0.3 is 0 Å². The van der Waals surface area contributed by atoms with Crippen LogP contribution in [-0.2, 0) is 4.79 Å². The minimum atomic E-state index is -0.967. The first-order valence-corrected chi connectivity index (χ1v) is 4.50. The Labute approximate surface area is 86.4 Å². The van der Waals surface area contributed by atoms with E-state index in [0.717, 1.165) is 0 Å². The van der Waals surface area contributed by atoms with Crippen molar-refractivity contribution in [3.05, 3.63) is 35.2 Å². The second-order valence-corrected chi connectivity index (χ2v) is 3.23. The zero-order valence-corrected chi connectivity index (χ0v) is 8.12. The quantitative estimate of drug-likeness (QED) is 0.684. The first-order chi connectivity index (χ1) is 7.24. The fraction of sp³-hybridized carbons (Fsp3) is 0.200. The lowest BCUT2D eigenvalue weighted by Gasteiger charge is -2.11. The Kier molecular flexibility index (Phi) is 2.29. The van der Waals surface area contributed by atoms with Gasteiger partial charge >= 0.3 is 0 Å². The molecule has 5 heteroatoms. The van der Waals surface area contributed by atoms with E-state index in [2.05, 4.69) is 10.3 Å². The van der Waals surface area contributed by atoms with Gasteiger partial charge in [-0.2, -0.15) is 10.1 Å². The molecule has 5 nitrogen and oxygen atoms in total. The standard InChI is InChI=1S/C10H9N3O2/c1-7-9(12-15)10(14)13(11-7)8-5-3-2-4-6-8/h2-6,9H,1H3. The number of nitrogens with zero attached hydrogens (tertiary/aromatic N) is 3. The maximum Gasteiger partial charge on any atom is 0.281 e. The van der Waals surface area contributed by atoms with Crippen molar-refractivity contribution in [2.75, 3.05) is 5.01 Å². The number of anilines is 1. The van der Waals surface area contributed by atoms with Gasteiger partial charge in [-0.25, -0.2) is 0 Å². The fourth-order valence-electron chi connectivity index (χ4n) is 1.43. The van der Waals surface area contributed by atoms with Crippen LogP contribution in [0.2, 0.25) is 0 Å². The molecule has 0 saturated carbocycles. The lowest BCUT2D eigenvalue weighted by Crippen LogP contribution is -2.29. The van der Waals surface area contributed by atoms with Crippen LogP contribution in [0.5, 0.6) is 0 Å². The summed E-state index contributed by atoms with van der Waals surface area (Å²) in [5.74, 6) is -0.395. The van der Waals surface area contributed by atoms with E-state index in [1.54, 1.807) is 31.2 Å². The monoisotopic (exact) mass is 203 g/mol. The molecule has 15 heavy (non-hydrogen) atoms. The molecular weight excluding hydrogens is 194 g/mol. The number of hydrazone groups is 1. The van der Waals surface area contributed by atoms with E-state index >= 15 is 0 Å². The Morgan fingerprint density at radius 1 is 1.33 bits per heavy atom. The number of hydrogen-bond donors (Lipinski definition) is 0. The highest BCUT2D eigenvalue weighted by Gasteiger charge is 2.35. The number of carbonyl (C=O) groups excluding carboxylic acids is 1. The van der Waals surface area contributed by atoms with Crippen molar-refractivity contribution in [3.63, 3.8) is 0 Å². The molecule has 1 aliphatic rings. The molecule has 0 spiro atoms. The summed E-state index contributed by atoms with van der Waals surface area (Å²) in [5, 5.41) is 7.96. The molecule has 2 rings (SSSR count). The molecule has 76 valence electrons. The molecule has 1 heterocycles. The number of benzene rings is 1. The molecule has 0 bridgehead atoms. The smallest absolute Gasteiger partial charge is 0.269 e. The van der Waals surface area contributed by atoms with E-state index in [9.17, 15) is 9.70 Å². The average Bonchev–Trinajstić information content (AvgIpc) is 2.55. The average molecular weight is 203 g/mol. The Bertz CT molecular complexity index is 428. The van der Waals surface area contributed by atoms with Crippen molar-refractivity contribution in [2.24, 2.45) is 10.3 Å². The second-order valence-electron chi connectivity index (χ2n) is 3.23. The molecule has 1 aromatic carbocycles. The van der Waals surface area contributed by atoms with E-state index in [-0.39, 0.29) is 0 Å². The third-order valence-corrected chi connectivity index (χ3v) is 2.20. The molecule has 1 unspecified atom stereocenters. The molecule has 0 N–H and O–H groups in total. The van der Waals surface area contributed by atoms with Crippen molar-refractivity contribution >= 4 is 17.3 Å². The van der Waals surface area contributed by atoms with Crippen molar-refractivity contribution in [3.8, 4) is 0 Å². The zero-order chi connectivity index (χ0) is 10.8. The highest BCUT2D eigenvalue weighted by atomic mass is 16.3. The molecule has 0 aliphatic carbocycles. The van der Waals surface area contributed by atoms with Crippen LogP contribution < -0.4 is 5.01 Å². The predicted molar refractivity (Wildman–Crippen MR) is 56.6 cm³/mol. The highest BCUT2D eigenvalue weighted by molar-refractivity contribution is 6.18. The molecule has 0 saturated heterocycles. The van der Waals surface area contributed by atoms with Crippen molar-refractivity contribution in [1.82, 2.24) is 0 Å². The summed E-state index contributed by atoms with van der Waals surface area (Å²) < 4.78 is 0. The van der Waals surface area contributed by atoms with Crippen LogP contribution in [-0.4, -0.2) is 17.7 Å². The largest absolute Gasteiger partial charge is 0.281 e. The molecule has 1 atom stereocenters. The van der Waals surface area contributed by atoms with E-state index < -0.39 is 11.9 Å². The van der Waals surface area contributed by atoms with Gasteiger partial charge in [-0.15, -0.1) is 4.91 Å². The van der Waals surface area contributed by atoms with Gasteiger partial charge in [0.2, 0.25) is 6.04 Å². The first-order valence-electron chi connectivity index (χ1n) is 4.50. The van der Waals surface area contributed by atoms with E-state index in [4.69, 9.17) is 0 Å². The summed E-state index contributed by atoms with van der Waals surface area (Å²) in [6, 6.07) is 7.98. The maximum absolute atomic E-state index is 11.7. The van der Waals surface area contributed by atoms with E-state index in [0.29, 0.717) is 11.4 Å². The molecule has 1 aliphatic heterocycles. The summed E-state index contributed by atoms with van der Waals surface area (Å²) in [6.45, 7) is 1.62. The van der Waals surface area contributed by atoms with Crippen LogP contribution in [0, 0.1) is 4.91 Å². The van der Waals surface area contributed by atoms with Crippen LogP contribution >= 0.6 is 0 Å². The summed E-state index contributed by atoms with van der Waals surface area (Å²) in [5.41, 5.74) is 1.08. The van der Waals surface area contributed by atoms with Gasteiger partial charge in [0.1, 0.15) is 0 Å².